The summed E-state index contributed by atoms with van der Waals surface area (Å²) >= 11 is 0. The van der Waals surface area contributed by atoms with Gasteiger partial charge in [-0.25, -0.2) is 4.79 Å². The highest BCUT2D eigenvalue weighted by molar-refractivity contribution is 5.73. The lowest BCUT2D eigenvalue weighted by molar-refractivity contribution is 0.183. The van der Waals surface area contributed by atoms with Crippen LogP contribution in [0.15, 0.2) is 24.5 Å². The Morgan fingerprint density at radius 2 is 2.38 bits per heavy atom. The average Bonchev–Trinajstić information content (AvgIpc) is 2.27. The van der Waals surface area contributed by atoms with Crippen molar-refractivity contribution in [3.05, 3.63) is 30.1 Å². The van der Waals surface area contributed by atoms with E-state index in [-0.39, 0.29) is 6.03 Å². The van der Waals surface area contributed by atoms with Crippen molar-refractivity contribution < 1.29 is 9.90 Å². The molecule has 16 heavy (non-hydrogen) atoms. The molecule has 3 N–H and O–H groups in total. The molecule has 0 saturated carbocycles. The van der Waals surface area contributed by atoms with Crippen molar-refractivity contribution in [1.82, 2.24) is 15.6 Å². The molecule has 0 aliphatic carbocycles. The molecule has 0 fully saturated rings. The number of urea groups is 1. The maximum atomic E-state index is 11.3. The summed E-state index contributed by atoms with van der Waals surface area (Å²) in [5.41, 5.74) is 0.952. The zero-order valence-electron chi connectivity index (χ0n) is 9.31. The number of nitrogens with one attached hydrogen (secondary N) is 2. The van der Waals surface area contributed by atoms with E-state index in [4.69, 9.17) is 5.11 Å². The second-order valence-corrected chi connectivity index (χ2v) is 3.61. The molecule has 0 aliphatic rings. The van der Waals surface area contributed by atoms with Crippen LogP contribution in [0.25, 0.3) is 0 Å². The standard InChI is InChI=1S/C11H17N3O2/c1-9(15)4-6-13-11(16)14-8-10-3-2-5-12-7-10/h2-3,5,7,9,15H,4,6,8H2,1H3,(H2,13,14,16). The van der Waals surface area contributed by atoms with Crippen LogP contribution >= 0.6 is 0 Å². The average molecular weight is 223 g/mol. The summed E-state index contributed by atoms with van der Waals surface area (Å²) in [6.45, 7) is 2.61. The van der Waals surface area contributed by atoms with Crippen molar-refractivity contribution in [2.45, 2.75) is 26.0 Å². The first-order valence-corrected chi connectivity index (χ1v) is 5.27. The van der Waals surface area contributed by atoms with Crippen LogP contribution in [0.4, 0.5) is 4.79 Å². The molecule has 5 nitrogen and oxygen atoms in total. The topological polar surface area (TPSA) is 74.2 Å². The number of nitrogens with zero attached hydrogens (tertiary/aromatic N) is 1. The Bertz CT molecular complexity index is 314. The third-order valence-corrected chi connectivity index (χ3v) is 2.02. The molecule has 88 valence electrons. The van der Waals surface area contributed by atoms with Crippen molar-refractivity contribution >= 4 is 6.03 Å². The number of carbonyl (C=O) groups is 1. The molecular weight excluding hydrogens is 206 g/mol. The highest BCUT2D eigenvalue weighted by Gasteiger charge is 2.01. The van der Waals surface area contributed by atoms with Gasteiger partial charge in [0.1, 0.15) is 0 Å². The second-order valence-electron chi connectivity index (χ2n) is 3.61. The third-order valence-electron chi connectivity index (χ3n) is 2.02. The molecule has 1 atom stereocenters. The minimum absolute atomic E-state index is 0.232. The SMILES string of the molecule is CC(O)CCNC(=O)NCc1cccnc1. The summed E-state index contributed by atoms with van der Waals surface area (Å²) in [6, 6.07) is 3.48. The molecule has 5 heteroatoms. The van der Waals surface area contributed by atoms with Gasteiger partial charge in [0.05, 0.1) is 6.10 Å². The zero-order chi connectivity index (χ0) is 11.8. The van der Waals surface area contributed by atoms with E-state index < -0.39 is 6.10 Å². The Labute approximate surface area is 94.9 Å². The Balaban J connectivity index is 2.16. The van der Waals surface area contributed by atoms with Gasteiger partial charge in [-0.1, -0.05) is 6.07 Å². The molecule has 1 rings (SSSR count). The fourth-order valence-electron chi connectivity index (χ4n) is 1.14. The maximum absolute atomic E-state index is 11.3. The fraction of sp³-hybridized carbons (Fsp3) is 0.455. The van der Waals surface area contributed by atoms with E-state index in [0.717, 1.165) is 5.56 Å². The molecule has 0 aromatic carbocycles. The molecular formula is C11H17N3O2. The van der Waals surface area contributed by atoms with E-state index in [0.29, 0.717) is 19.5 Å². The van der Waals surface area contributed by atoms with Crippen LogP contribution in [0.5, 0.6) is 0 Å². The highest BCUT2D eigenvalue weighted by atomic mass is 16.3. The lowest BCUT2D eigenvalue weighted by Gasteiger charge is -2.08. The van der Waals surface area contributed by atoms with Crippen molar-refractivity contribution in [1.29, 1.82) is 0 Å². The molecule has 0 aliphatic heterocycles. The third kappa shape index (κ3) is 5.31. The largest absolute Gasteiger partial charge is 0.393 e. The van der Waals surface area contributed by atoms with Crippen LogP contribution in [-0.2, 0) is 6.54 Å². The number of pyridine rings is 1. The number of aromatic nitrogens is 1. The van der Waals surface area contributed by atoms with E-state index in [1.807, 2.05) is 12.1 Å². The lowest BCUT2D eigenvalue weighted by Crippen LogP contribution is -2.36. The number of hydrogen-bond donors (Lipinski definition) is 3. The molecule has 1 aromatic rings. The van der Waals surface area contributed by atoms with E-state index in [2.05, 4.69) is 15.6 Å². The molecule has 1 unspecified atom stereocenters. The first-order chi connectivity index (χ1) is 7.68. The van der Waals surface area contributed by atoms with Crippen molar-refractivity contribution in [3.63, 3.8) is 0 Å². The number of rotatable bonds is 5. The van der Waals surface area contributed by atoms with Gasteiger partial charge in [0.15, 0.2) is 0 Å². The minimum atomic E-state index is -0.390. The summed E-state index contributed by atoms with van der Waals surface area (Å²) in [5.74, 6) is 0. The van der Waals surface area contributed by atoms with E-state index in [1.54, 1.807) is 19.3 Å². The molecule has 0 spiro atoms. The summed E-state index contributed by atoms with van der Waals surface area (Å²) < 4.78 is 0. The maximum Gasteiger partial charge on any atom is 0.315 e. The van der Waals surface area contributed by atoms with Gasteiger partial charge in [0.25, 0.3) is 0 Å². The number of aliphatic hydroxyl groups excluding tert-OH is 1. The molecule has 0 bridgehead atoms. The summed E-state index contributed by atoms with van der Waals surface area (Å²) in [5, 5.41) is 14.3. The summed E-state index contributed by atoms with van der Waals surface area (Å²) in [4.78, 5) is 15.2. The minimum Gasteiger partial charge on any atom is -0.393 e. The highest BCUT2D eigenvalue weighted by Crippen LogP contribution is 1.93. The fourth-order valence-corrected chi connectivity index (χ4v) is 1.14. The smallest absolute Gasteiger partial charge is 0.315 e. The van der Waals surface area contributed by atoms with Gasteiger partial charge in [-0.2, -0.15) is 0 Å². The van der Waals surface area contributed by atoms with E-state index >= 15 is 0 Å². The van der Waals surface area contributed by atoms with Crippen LogP contribution in [-0.4, -0.2) is 28.8 Å². The molecule has 0 saturated heterocycles. The first-order valence-electron chi connectivity index (χ1n) is 5.27. The van der Waals surface area contributed by atoms with Crippen LogP contribution < -0.4 is 10.6 Å². The quantitative estimate of drug-likeness (QED) is 0.686. The second kappa shape index (κ2) is 6.79. The Morgan fingerprint density at radius 1 is 1.56 bits per heavy atom. The van der Waals surface area contributed by atoms with Gasteiger partial charge >= 0.3 is 6.03 Å². The van der Waals surface area contributed by atoms with Crippen LogP contribution in [0.3, 0.4) is 0 Å². The molecule has 1 heterocycles. The molecule has 2 amide bonds. The van der Waals surface area contributed by atoms with Gasteiger partial charge in [0.2, 0.25) is 0 Å². The Morgan fingerprint density at radius 3 is 3.00 bits per heavy atom. The van der Waals surface area contributed by atoms with Crippen molar-refractivity contribution in [2.24, 2.45) is 0 Å². The molecule has 0 radical (unpaired) electrons. The van der Waals surface area contributed by atoms with Crippen LogP contribution in [0.1, 0.15) is 18.9 Å². The van der Waals surface area contributed by atoms with Gasteiger partial charge in [-0.05, 0) is 25.0 Å². The lowest BCUT2D eigenvalue weighted by atomic mass is 10.3. The summed E-state index contributed by atoms with van der Waals surface area (Å²) in [7, 11) is 0. The van der Waals surface area contributed by atoms with Gasteiger partial charge in [-0.15, -0.1) is 0 Å². The number of carbonyl (C=O) groups excluding carboxylic acids is 1. The first kappa shape index (κ1) is 12.4. The van der Waals surface area contributed by atoms with Gasteiger partial charge in [0, 0.05) is 25.5 Å². The van der Waals surface area contributed by atoms with Gasteiger partial charge < -0.3 is 15.7 Å². The Hall–Kier alpha value is -1.62. The van der Waals surface area contributed by atoms with Crippen LogP contribution in [0, 0.1) is 0 Å². The Kier molecular flexibility index (Phi) is 5.28. The predicted molar refractivity (Wildman–Crippen MR) is 60.8 cm³/mol. The predicted octanol–water partition coefficient (Wildman–Crippen LogP) is 0.652. The van der Waals surface area contributed by atoms with Crippen LogP contribution in [0.2, 0.25) is 0 Å². The van der Waals surface area contributed by atoms with Crippen molar-refractivity contribution in [2.75, 3.05) is 6.54 Å². The van der Waals surface area contributed by atoms with Crippen molar-refractivity contribution in [3.8, 4) is 0 Å². The number of hydrogen-bond acceptors (Lipinski definition) is 3. The van der Waals surface area contributed by atoms with E-state index in [1.165, 1.54) is 0 Å². The van der Waals surface area contributed by atoms with E-state index in [9.17, 15) is 4.79 Å². The zero-order valence-corrected chi connectivity index (χ0v) is 9.31. The summed E-state index contributed by atoms with van der Waals surface area (Å²) in [6.07, 6.45) is 3.56. The molecule has 1 aromatic heterocycles. The number of aliphatic hydroxyl groups is 1. The number of amides is 2. The van der Waals surface area contributed by atoms with Gasteiger partial charge in [-0.3, -0.25) is 4.98 Å². The monoisotopic (exact) mass is 223 g/mol. The normalized spacial score (nSPS) is 11.9.